The fourth-order valence-electron chi connectivity index (χ4n) is 2.89. The van der Waals surface area contributed by atoms with Gasteiger partial charge in [-0.2, -0.15) is 0 Å². The maximum atomic E-state index is 12.2. The van der Waals surface area contributed by atoms with Gasteiger partial charge in [0.15, 0.2) is 0 Å². The van der Waals surface area contributed by atoms with Gasteiger partial charge in [-0.3, -0.25) is 9.69 Å². The molecule has 1 heterocycles. The number of carbonyl (C=O) groups excluding carboxylic acids is 1. The summed E-state index contributed by atoms with van der Waals surface area (Å²) in [5.41, 5.74) is 9.17. The Hall–Kier alpha value is -1.63. The van der Waals surface area contributed by atoms with Gasteiger partial charge in [-0.15, -0.1) is 24.8 Å². The van der Waals surface area contributed by atoms with Crippen molar-refractivity contribution in [2.45, 2.75) is 19.1 Å². The highest BCUT2D eigenvalue weighted by Gasteiger charge is 2.15. The normalized spacial score (nSPS) is 15.1. The molecule has 148 valence electrons. The van der Waals surface area contributed by atoms with E-state index < -0.39 is 6.04 Å². The summed E-state index contributed by atoms with van der Waals surface area (Å²) in [5, 5.41) is 2.91. The fourth-order valence-corrected chi connectivity index (χ4v) is 2.89. The molecule has 3 N–H and O–H groups in total. The van der Waals surface area contributed by atoms with Gasteiger partial charge in [-0.1, -0.05) is 54.6 Å². The third-order valence-electron chi connectivity index (χ3n) is 4.44. The number of nitrogens with one attached hydrogen (secondary N) is 1. The van der Waals surface area contributed by atoms with E-state index in [0.717, 1.165) is 44.0 Å². The minimum atomic E-state index is -0.637. The van der Waals surface area contributed by atoms with E-state index in [9.17, 15) is 4.79 Å². The van der Waals surface area contributed by atoms with Gasteiger partial charge in [0.1, 0.15) is 6.04 Å². The van der Waals surface area contributed by atoms with E-state index in [0.29, 0.717) is 6.54 Å². The van der Waals surface area contributed by atoms with Crippen LogP contribution in [0, 0.1) is 0 Å². The van der Waals surface area contributed by atoms with Gasteiger partial charge >= 0.3 is 0 Å². The zero-order valence-electron chi connectivity index (χ0n) is 15.2. The van der Waals surface area contributed by atoms with Gasteiger partial charge < -0.3 is 15.8 Å². The predicted molar refractivity (Wildman–Crippen MR) is 112 cm³/mol. The number of amides is 1. The van der Waals surface area contributed by atoms with E-state index in [-0.39, 0.29) is 30.7 Å². The summed E-state index contributed by atoms with van der Waals surface area (Å²) in [4.78, 5) is 14.6. The summed E-state index contributed by atoms with van der Waals surface area (Å²) in [7, 11) is 0. The molecule has 27 heavy (non-hydrogen) atoms. The van der Waals surface area contributed by atoms with Crippen LogP contribution in [-0.4, -0.2) is 37.1 Å². The second-order valence-electron chi connectivity index (χ2n) is 6.31. The average Bonchev–Trinajstić information content (AvgIpc) is 2.68. The number of nitrogens with zero attached hydrogens (tertiary/aromatic N) is 1. The lowest BCUT2D eigenvalue weighted by Crippen LogP contribution is -2.35. The van der Waals surface area contributed by atoms with Crippen molar-refractivity contribution in [1.29, 1.82) is 0 Å². The minimum Gasteiger partial charge on any atom is -0.379 e. The standard InChI is InChI=1S/C20H25N3O2.2ClH/c21-19(18-4-2-1-3-5-18)20(24)22-14-16-6-8-17(9-7-16)15-23-10-12-25-13-11-23;;/h1-9,19H,10-15,21H2,(H,22,24);2*1H. The van der Waals surface area contributed by atoms with Gasteiger partial charge in [-0.25, -0.2) is 0 Å². The molecule has 1 atom stereocenters. The first-order valence-corrected chi connectivity index (χ1v) is 8.68. The summed E-state index contributed by atoms with van der Waals surface area (Å²) < 4.78 is 5.37. The number of carbonyl (C=O) groups is 1. The monoisotopic (exact) mass is 411 g/mol. The minimum absolute atomic E-state index is 0. The number of morpholine rings is 1. The van der Waals surface area contributed by atoms with Gasteiger partial charge in [0.25, 0.3) is 0 Å². The van der Waals surface area contributed by atoms with Crippen molar-refractivity contribution in [2.75, 3.05) is 26.3 Å². The molecule has 0 aromatic heterocycles. The molecule has 0 aliphatic carbocycles. The molecule has 0 radical (unpaired) electrons. The Morgan fingerprint density at radius 1 is 1.00 bits per heavy atom. The van der Waals surface area contributed by atoms with Crippen LogP contribution in [0.5, 0.6) is 0 Å². The highest BCUT2D eigenvalue weighted by molar-refractivity contribution is 5.85. The van der Waals surface area contributed by atoms with Crippen LogP contribution in [0.1, 0.15) is 22.7 Å². The summed E-state index contributed by atoms with van der Waals surface area (Å²) in [6.45, 7) is 5.01. The van der Waals surface area contributed by atoms with Crippen LogP contribution in [0.3, 0.4) is 0 Å². The van der Waals surface area contributed by atoms with Crippen LogP contribution in [0.2, 0.25) is 0 Å². The number of ether oxygens (including phenoxy) is 1. The number of nitrogens with two attached hydrogens (primary N) is 1. The lowest BCUT2D eigenvalue weighted by molar-refractivity contribution is -0.122. The first-order chi connectivity index (χ1) is 12.2. The lowest BCUT2D eigenvalue weighted by atomic mass is 10.1. The van der Waals surface area contributed by atoms with Crippen molar-refractivity contribution in [1.82, 2.24) is 10.2 Å². The van der Waals surface area contributed by atoms with Gasteiger partial charge in [0, 0.05) is 26.2 Å². The van der Waals surface area contributed by atoms with Crippen LogP contribution >= 0.6 is 24.8 Å². The van der Waals surface area contributed by atoms with Gasteiger partial charge in [0.2, 0.25) is 5.91 Å². The molecule has 1 fully saturated rings. The molecule has 1 unspecified atom stereocenters. The highest BCUT2D eigenvalue weighted by Crippen LogP contribution is 2.11. The van der Waals surface area contributed by atoms with E-state index >= 15 is 0 Å². The second-order valence-corrected chi connectivity index (χ2v) is 6.31. The zero-order chi connectivity index (χ0) is 17.5. The Balaban J connectivity index is 0.00000182. The van der Waals surface area contributed by atoms with Crippen LogP contribution in [0.4, 0.5) is 0 Å². The topological polar surface area (TPSA) is 67.6 Å². The van der Waals surface area contributed by atoms with E-state index in [1.54, 1.807) is 0 Å². The predicted octanol–water partition coefficient (Wildman–Crippen LogP) is 2.68. The van der Waals surface area contributed by atoms with E-state index in [4.69, 9.17) is 10.5 Å². The summed E-state index contributed by atoms with van der Waals surface area (Å²) in [6.07, 6.45) is 0. The molecule has 5 nitrogen and oxygen atoms in total. The van der Waals surface area contributed by atoms with E-state index in [2.05, 4.69) is 34.5 Å². The zero-order valence-corrected chi connectivity index (χ0v) is 16.8. The molecule has 0 spiro atoms. The number of halogens is 2. The number of rotatable bonds is 6. The average molecular weight is 412 g/mol. The quantitative estimate of drug-likeness (QED) is 0.766. The maximum Gasteiger partial charge on any atom is 0.241 e. The lowest BCUT2D eigenvalue weighted by Gasteiger charge is -2.26. The van der Waals surface area contributed by atoms with Crippen molar-refractivity contribution in [3.8, 4) is 0 Å². The molecule has 0 saturated carbocycles. The highest BCUT2D eigenvalue weighted by atomic mass is 35.5. The number of hydrogen-bond acceptors (Lipinski definition) is 4. The van der Waals surface area contributed by atoms with Crippen molar-refractivity contribution in [3.63, 3.8) is 0 Å². The largest absolute Gasteiger partial charge is 0.379 e. The van der Waals surface area contributed by atoms with Gasteiger partial charge in [-0.05, 0) is 16.7 Å². The second kappa shape index (κ2) is 12.0. The van der Waals surface area contributed by atoms with Crippen LogP contribution in [-0.2, 0) is 22.6 Å². The molecule has 1 aliphatic rings. The van der Waals surface area contributed by atoms with Crippen LogP contribution in [0.15, 0.2) is 54.6 Å². The van der Waals surface area contributed by atoms with Gasteiger partial charge in [0.05, 0.1) is 13.2 Å². The van der Waals surface area contributed by atoms with E-state index in [1.165, 1.54) is 5.56 Å². The Kier molecular flexibility index (Phi) is 10.4. The molecule has 3 rings (SSSR count). The molecular formula is C20H27Cl2N3O2. The fraction of sp³-hybridized carbons (Fsp3) is 0.350. The molecule has 1 amide bonds. The number of benzene rings is 2. The maximum absolute atomic E-state index is 12.2. The third kappa shape index (κ3) is 7.13. The summed E-state index contributed by atoms with van der Waals surface area (Å²) in [5.74, 6) is -0.163. The van der Waals surface area contributed by atoms with Crippen molar-refractivity contribution >= 4 is 30.7 Å². The summed E-state index contributed by atoms with van der Waals surface area (Å²) in [6, 6.07) is 17.1. The SMILES string of the molecule is Cl.Cl.NC(C(=O)NCc1ccc(CN2CCOCC2)cc1)c1ccccc1. The molecule has 2 aromatic carbocycles. The van der Waals surface area contributed by atoms with Crippen LogP contribution < -0.4 is 11.1 Å². The summed E-state index contributed by atoms with van der Waals surface area (Å²) >= 11 is 0. The first kappa shape index (κ1) is 23.4. The van der Waals surface area contributed by atoms with Crippen molar-refractivity contribution in [3.05, 3.63) is 71.3 Å². The molecular weight excluding hydrogens is 385 g/mol. The Bertz CT molecular complexity index is 677. The smallest absolute Gasteiger partial charge is 0.241 e. The third-order valence-corrected chi connectivity index (χ3v) is 4.44. The van der Waals surface area contributed by atoms with E-state index in [1.807, 2.05) is 30.3 Å². The molecule has 0 bridgehead atoms. The van der Waals surface area contributed by atoms with Crippen molar-refractivity contribution < 1.29 is 9.53 Å². The first-order valence-electron chi connectivity index (χ1n) is 8.68. The Morgan fingerprint density at radius 3 is 2.22 bits per heavy atom. The molecule has 2 aromatic rings. The van der Waals surface area contributed by atoms with Crippen molar-refractivity contribution in [2.24, 2.45) is 5.73 Å². The van der Waals surface area contributed by atoms with Crippen LogP contribution in [0.25, 0.3) is 0 Å². The number of hydrogen-bond donors (Lipinski definition) is 2. The molecule has 1 saturated heterocycles. The Labute approximate surface area is 173 Å². The molecule has 1 aliphatic heterocycles. The Morgan fingerprint density at radius 2 is 1.59 bits per heavy atom. The molecule has 7 heteroatoms.